The highest BCUT2D eigenvalue weighted by molar-refractivity contribution is 7.92. The van der Waals surface area contributed by atoms with Gasteiger partial charge in [-0.25, -0.2) is 8.42 Å². The van der Waals surface area contributed by atoms with Gasteiger partial charge < -0.3 is 5.32 Å². The molecule has 0 radical (unpaired) electrons. The minimum atomic E-state index is -3.97. The van der Waals surface area contributed by atoms with E-state index in [9.17, 15) is 18.0 Å². The van der Waals surface area contributed by atoms with Crippen molar-refractivity contribution in [3.8, 4) is 0 Å². The molecule has 0 saturated heterocycles. The summed E-state index contributed by atoms with van der Waals surface area (Å²) in [5, 5.41) is 2.68. The molecule has 1 amide bonds. The predicted octanol–water partition coefficient (Wildman–Crippen LogP) is 4.03. The molecule has 0 aliphatic heterocycles. The van der Waals surface area contributed by atoms with Crippen molar-refractivity contribution in [1.82, 2.24) is 0 Å². The van der Waals surface area contributed by atoms with E-state index in [0.717, 1.165) is 9.87 Å². The molecule has 0 heterocycles. The molecule has 0 spiro atoms. The standard InChI is InChI=1S/C23H22N2O4S/c1-17-9-6-7-14-22(17)25(30(28,29)21-12-4-3-5-13-21)16-23(27)24-20-11-8-10-19(15-20)18(2)26/h3-15H,16H2,1-2H3,(H,24,27). The Labute approximate surface area is 176 Å². The minimum absolute atomic E-state index is 0.0969. The van der Waals surface area contributed by atoms with Crippen LogP contribution >= 0.6 is 0 Å². The average molecular weight is 423 g/mol. The number of hydrogen-bond acceptors (Lipinski definition) is 4. The number of carbonyl (C=O) groups excluding carboxylic acids is 2. The summed E-state index contributed by atoms with van der Waals surface area (Å²) in [5.41, 5.74) is 2.03. The van der Waals surface area contributed by atoms with Crippen molar-refractivity contribution < 1.29 is 18.0 Å². The van der Waals surface area contributed by atoms with Gasteiger partial charge in [0.1, 0.15) is 6.54 Å². The Bertz CT molecular complexity index is 1170. The second-order valence-corrected chi connectivity index (χ2v) is 8.66. The third-order valence-electron chi connectivity index (χ3n) is 4.56. The van der Waals surface area contributed by atoms with Crippen molar-refractivity contribution in [1.29, 1.82) is 0 Å². The number of sulfonamides is 1. The van der Waals surface area contributed by atoms with Crippen LogP contribution in [-0.4, -0.2) is 26.7 Å². The van der Waals surface area contributed by atoms with Crippen molar-refractivity contribution >= 4 is 33.1 Å². The molecule has 1 N–H and O–H groups in total. The zero-order valence-electron chi connectivity index (χ0n) is 16.7. The van der Waals surface area contributed by atoms with E-state index in [1.807, 2.05) is 0 Å². The highest BCUT2D eigenvalue weighted by atomic mass is 32.2. The van der Waals surface area contributed by atoms with Gasteiger partial charge in [0.25, 0.3) is 10.0 Å². The van der Waals surface area contributed by atoms with Crippen LogP contribution in [0, 0.1) is 6.92 Å². The number of aryl methyl sites for hydroxylation is 1. The van der Waals surface area contributed by atoms with Crippen molar-refractivity contribution in [2.24, 2.45) is 0 Å². The molecule has 0 unspecified atom stereocenters. The number of nitrogens with one attached hydrogen (secondary N) is 1. The number of hydrogen-bond donors (Lipinski definition) is 1. The van der Waals surface area contributed by atoms with Gasteiger partial charge in [-0.15, -0.1) is 0 Å². The molecule has 0 aromatic heterocycles. The molecule has 0 fully saturated rings. The van der Waals surface area contributed by atoms with E-state index in [1.165, 1.54) is 19.1 Å². The first kappa shape index (κ1) is 21.3. The molecule has 30 heavy (non-hydrogen) atoms. The summed E-state index contributed by atoms with van der Waals surface area (Å²) >= 11 is 0. The molecule has 3 rings (SSSR count). The van der Waals surface area contributed by atoms with Gasteiger partial charge in [-0.05, 0) is 49.7 Å². The number of nitrogens with zero attached hydrogens (tertiary/aromatic N) is 1. The van der Waals surface area contributed by atoms with Crippen LogP contribution in [0.5, 0.6) is 0 Å². The van der Waals surface area contributed by atoms with Crippen LogP contribution in [-0.2, 0) is 14.8 Å². The van der Waals surface area contributed by atoms with Crippen LogP contribution in [0.25, 0.3) is 0 Å². The average Bonchev–Trinajstić information content (AvgIpc) is 2.73. The van der Waals surface area contributed by atoms with Crippen molar-refractivity contribution in [3.05, 3.63) is 90.0 Å². The monoisotopic (exact) mass is 422 g/mol. The van der Waals surface area contributed by atoms with Gasteiger partial charge in [-0.3, -0.25) is 13.9 Å². The largest absolute Gasteiger partial charge is 0.324 e. The number of para-hydroxylation sites is 1. The molecule has 3 aromatic rings. The maximum atomic E-state index is 13.3. The lowest BCUT2D eigenvalue weighted by Gasteiger charge is -2.25. The number of carbonyl (C=O) groups is 2. The summed E-state index contributed by atoms with van der Waals surface area (Å²) in [6.07, 6.45) is 0. The molecule has 6 nitrogen and oxygen atoms in total. The van der Waals surface area contributed by atoms with E-state index < -0.39 is 22.5 Å². The molecule has 154 valence electrons. The Balaban J connectivity index is 1.94. The highest BCUT2D eigenvalue weighted by Gasteiger charge is 2.28. The molecule has 0 atom stereocenters. The van der Waals surface area contributed by atoms with Crippen molar-refractivity contribution in [2.45, 2.75) is 18.7 Å². The fourth-order valence-corrected chi connectivity index (χ4v) is 4.52. The number of ketones is 1. The first-order chi connectivity index (χ1) is 14.3. The summed E-state index contributed by atoms with van der Waals surface area (Å²) in [4.78, 5) is 24.4. The molecular formula is C23H22N2O4S. The van der Waals surface area contributed by atoms with Crippen LogP contribution in [0.2, 0.25) is 0 Å². The highest BCUT2D eigenvalue weighted by Crippen LogP contribution is 2.26. The first-order valence-electron chi connectivity index (χ1n) is 9.33. The van der Waals surface area contributed by atoms with Gasteiger partial charge in [0, 0.05) is 11.3 Å². The summed E-state index contributed by atoms with van der Waals surface area (Å²) in [5.74, 6) is -0.641. The maximum Gasteiger partial charge on any atom is 0.264 e. The number of rotatable bonds is 7. The van der Waals surface area contributed by atoms with Crippen LogP contribution in [0.15, 0.2) is 83.8 Å². The van der Waals surface area contributed by atoms with E-state index in [4.69, 9.17) is 0 Å². The van der Waals surface area contributed by atoms with E-state index >= 15 is 0 Å². The molecule has 0 aliphatic carbocycles. The fourth-order valence-electron chi connectivity index (χ4n) is 3.01. The van der Waals surface area contributed by atoms with E-state index in [2.05, 4.69) is 5.32 Å². The second kappa shape index (κ2) is 8.92. The normalized spacial score (nSPS) is 11.0. The summed E-state index contributed by atoms with van der Waals surface area (Å²) in [6.45, 7) is 2.82. The third-order valence-corrected chi connectivity index (χ3v) is 6.33. The SMILES string of the molecule is CC(=O)c1cccc(NC(=O)CN(c2ccccc2C)S(=O)(=O)c2ccccc2)c1. The Hall–Kier alpha value is -3.45. The fraction of sp³-hybridized carbons (Fsp3) is 0.130. The predicted molar refractivity (Wildman–Crippen MR) is 117 cm³/mol. The quantitative estimate of drug-likeness (QED) is 0.583. The molecule has 0 bridgehead atoms. The lowest BCUT2D eigenvalue weighted by atomic mass is 10.1. The number of Topliss-reactive ketones (excluding diaryl/α,β-unsaturated/α-hetero) is 1. The van der Waals surface area contributed by atoms with Crippen LogP contribution in [0.1, 0.15) is 22.8 Å². The van der Waals surface area contributed by atoms with E-state index in [-0.39, 0.29) is 10.7 Å². The van der Waals surface area contributed by atoms with Crippen LogP contribution in [0.3, 0.4) is 0 Å². The van der Waals surface area contributed by atoms with Gasteiger partial charge in [-0.2, -0.15) is 0 Å². The van der Waals surface area contributed by atoms with Crippen molar-refractivity contribution in [2.75, 3.05) is 16.2 Å². The Morgan fingerprint density at radius 2 is 1.57 bits per heavy atom. The van der Waals surface area contributed by atoms with E-state index in [1.54, 1.807) is 73.7 Å². The van der Waals surface area contributed by atoms with E-state index in [0.29, 0.717) is 16.9 Å². The molecule has 0 saturated carbocycles. The Morgan fingerprint density at radius 3 is 2.23 bits per heavy atom. The smallest absolute Gasteiger partial charge is 0.264 e. The number of anilines is 2. The molecule has 3 aromatic carbocycles. The number of benzene rings is 3. The van der Waals surface area contributed by atoms with Gasteiger partial charge in [0.2, 0.25) is 5.91 Å². The summed E-state index contributed by atoms with van der Waals surface area (Å²) in [6, 6.07) is 21.5. The summed E-state index contributed by atoms with van der Waals surface area (Å²) < 4.78 is 27.7. The lowest BCUT2D eigenvalue weighted by Crippen LogP contribution is -2.38. The molecule has 7 heteroatoms. The van der Waals surface area contributed by atoms with Crippen LogP contribution < -0.4 is 9.62 Å². The Morgan fingerprint density at radius 1 is 0.900 bits per heavy atom. The zero-order chi connectivity index (χ0) is 21.7. The first-order valence-corrected chi connectivity index (χ1v) is 10.8. The Kier molecular flexibility index (Phi) is 6.32. The van der Waals surface area contributed by atoms with Crippen LogP contribution in [0.4, 0.5) is 11.4 Å². The minimum Gasteiger partial charge on any atom is -0.324 e. The lowest BCUT2D eigenvalue weighted by molar-refractivity contribution is -0.114. The number of amides is 1. The second-order valence-electron chi connectivity index (χ2n) is 6.80. The zero-order valence-corrected chi connectivity index (χ0v) is 17.5. The third kappa shape index (κ3) is 4.75. The van der Waals surface area contributed by atoms with Gasteiger partial charge in [-0.1, -0.05) is 48.5 Å². The van der Waals surface area contributed by atoms with Gasteiger partial charge >= 0.3 is 0 Å². The van der Waals surface area contributed by atoms with Crippen molar-refractivity contribution in [3.63, 3.8) is 0 Å². The van der Waals surface area contributed by atoms with Gasteiger partial charge in [0.15, 0.2) is 5.78 Å². The molecule has 0 aliphatic rings. The molecular weight excluding hydrogens is 400 g/mol. The van der Waals surface area contributed by atoms with Gasteiger partial charge in [0.05, 0.1) is 10.6 Å². The topological polar surface area (TPSA) is 83.6 Å². The maximum absolute atomic E-state index is 13.3. The summed E-state index contributed by atoms with van der Waals surface area (Å²) in [7, 11) is -3.97.